The van der Waals surface area contributed by atoms with E-state index in [1.807, 2.05) is 6.07 Å². The second-order valence-electron chi connectivity index (χ2n) is 4.96. The van der Waals surface area contributed by atoms with E-state index in [2.05, 4.69) is 4.99 Å². The number of amides is 2. The van der Waals surface area contributed by atoms with E-state index in [1.165, 1.54) is 4.90 Å². The fourth-order valence-corrected chi connectivity index (χ4v) is 2.68. The highest BCUT2D eigenvalue weighted by Gasteiger charge is 2.50. The van der Waals surface area contributed by atoms with Gasteiger partial charge in [0, 0.05) is 12.5 Å². The van der Waals surface area contributed by atoms with E-state index in [0.29, 0.717) is 12.7 Å². The number of carbonyl (C=O) groups excluding carboxylic acids is 2. The first kappa shape index (κ1) is 14.4. The zero-order valence-corrected chi connectivity index (χ0v) is 11.0. The van der Waals surface area contributed by atoms with Crippen molar-refractivity contribution >= 4 is 18.2 Å². The second kappa shape index (κ2) is 5.56. The second-order valence-corrected chi connectivity index (χ2v) is 4.96. The normalized spacial score (nSPS) is 37.5. The van der Waals surface area contributed by atoms with Gasteiger partial charge in [-0.1, -0.05) is 0 Å². The summed E-state index contributed by atoms with van der Waals surface area (Å²) >= 11 is 0. The molecule has 0 spiro atoms. The van der Waals surface area contributed by atoms with E-state index >= 15 is 0 Å². The Morgan fingerprint density at radius 2 is 2.40 bits per heavy atom. The number of aliphatic hydroxyl groups excluding tert-OH is 1. The molecule has 2 unspecified atom stereocenters. The molecule has 2 aliphatic rings. The Kier molecular flexibility index (Phi) is 4.01. The number of amidine groups is 1. The van der Waals surface area contributed by atoms with Crippen LogP contribution in [-0.2, 0) is 9.53 Å². The highest BCUT2D eigenvalue weighted by Crippen LogP contribution is 2.35. The quantitative estimate of drug-likeness (QED) is 0.653. The molecule has 0 bridgehead atoms. The summed E-state index contributed by atoms with van der Waals surface area (Å²) in [7, 11) is 0. The topological polar surface area (TPSA) is 129 Å². The van der Waals surface area contributed by atoms with Crippen LogP contribution < -0.4 is 5.73 Å². The Bertz CT molecular complexity index is 486. The first-order valence-electron chi connectivity index (χ1n) is 6.30. The van der Waals surface area contributed by atoms with Crippen molar-refractivity contribution in [2.75, 3.05) is 6.61 Å². The third-order valence-corrected chi connectivity index (χ3v) is 3.67. The Morgan fingerprint density at radius 1 is 1.70 bits per heavy atom. The van der Waals surface area contributed by atoms with Crippen LogP contribution in [0.3, 0.4) is 0 Å². The van der Waals surface area contributed by atoms with Gasteiger partial charge >= 0.3 is 6.03 Å². The van der Waals surface area contributed by atoms with Gasteiger partial charge in [0.05, 0.1) is 24.7 Å². The van der Waals surface area contributed by atoms with Gasteiger partial charge in [-0.2, -0.15) is 10.3 Å². The fourth-order valence-electron chi connectivity index (χ4n) is 2.68. The highest BCUT2D eigenvalue weighted by molar-refractivity contribution is 5.95. The molecule has 1 saturated heterocycles. The summed E-state index contributed by atoms with van der Waals surface area (Å²) in [6.07, 6.45) is -0.720. The Labute approximate surface area is 115 Å². The fraction of sp³-hybridized carbons (Fsp3) is 0.667. The molecular formula is C12H16N4O4. The minimum atomic E-state index is -0.897. The van der Waals surface area contributed by atoms with Crippen molar-refractivity contribution in [3.05, 3.63) is 0 Å². The van der Waals surface area contributed by atoms with Gasteiger partial charge in [0.2, 0.25) is 0 Å². The molecule has 2 rings (SSSR count). The number of nitrogens with zero attached hydrogens (tertiary/aromatic N) is 3. The van der Waals surface area contributed by atoms with Gasteiger partial charge in [0.1, 0.15) is 18.0 Å². The zero-order valence-electron chi connectivity index (χ0n) is 11.0. The third kappa shape index (κ3) is 2.26. The molecule has 0 aromatic carbocycles. The number of urea groups is 1. The molecule has 0 aromatic heterocycles. The lowest BCUT2D eigenvalue weighted by molar-refractivity contribution is -0.114. The summed E-state index contributed by atoms with van der Waals surface area (Å²) < 4.78 is 5.52. The van der Waals surface area contributed by atoms with E-state index in [1.54, 1.807) is 6.92 Å². The van der Waals surface area contributed by atoms with Crippen molar-refractivity contribution in [3.63, 3.8) is 0 Å². The summed E-state index contributed by atoms with van der Waals surface area (Å²) in [5, 5.41) is 18.5. The highest BCUT2D eigenvalue weighted by atomic mass is 16.5. The maximum atomic E-state index is 12.0. The van der Waals surface area contributed by atoms with E-state index in [4.69, 9.17) is 10.5 Å². The van der Waals surface area contributed by atoms with Crippen LogP contribution in [0.5, 0.6) is 0 Å². The van der Waals surface area contributed by atoms with E-state index in [0.717, 1.165) is 0 Å². The number of ether oxygens (including phenoxy) is 1. The molecule has 108 valence electrons. The molecule has 2 heterocycles. The Balaban J connectivity index is 2.30. The van der Waals surface area contributed by atoms with Crippen molar-refractivity contribution < 1.29 is 19.4 Å². The number of nitriles is 1. The molecule has 2 amide bonds. The Hall–Kier alpha value is -1.98. The molecule has 3 N–H and O–H groups in total. The minimum absolute atomic E-state index is 0.232. The van der Waals surface area contributed by atoms with Crippen molar-refractivity contribution in [1.82, 2.24) is 4.90 Å². The van der Waals surface area contributed by atoms with Gasteiger partial charge in [-0.15, -0.1) is 0 Å². The van der Waals surface area contributed by atoms with Crippen LogP contribution in [0, 0.1) is 23.2 Å². The average Bonchev–Trinajstić information content (AvgIpc) is 2.74. The maximum absolute atomic E-state index is 12.0. The molecule has 0 aliphatic carbocycles. The lowest BCUT2D eigenvalue weighted by Crippen LogP contribution is -2.51. The largest absolute Gasteiger partial charge is 0.394 e. The summed E-state index contributed by atoms with van der Waals surface area (Å²) in [6, 6.07) is 1.11. The van der Waals surface area contributed by atoms with Gasteiger partial charge < -0.3 is 20.4 Å². The molecule has 0 aromatic rings. The predicted octanol–water partition coefficient (Wildman–Crippen LogP) is -0.770. The van der Waals surface area contributed by atoms with Gasteiger partial charge in [-0.3, -0.25) is 4.90 Å². The smallest absolute Gasteiger partial charge is 0.347 e. The van der Waals surface area contributed by atoms with Crippen LogP contribution >= 0.6 is 0 Å². The average molecular weight is 280 g/mol. The van der Waals surface area contributed by atoms with Crippen LogP contribution in [0.4, 0.5) is 4.79 Å². The summed E-state index contributed by atoms with van der Waals surface area (Å²) in [5.41, 5.74) is 5.55. The summed E-state index contributed by atoms with van der Waals surface area (Å²) in [4.78, 5) is 28.1. The maximum Gasteiger partial charge on any atom is 0.347 e. The van der Waals surface area contributed by atoms with Crippen LogP contribution in [0.1, 0.15) is 13.3 Å². The van der Waals surface area contributed by atoms with Crippen LogP contribution in [-0.4, -0.2) is 53.1 Å². The van der Waals surface area contributed by atoms with Crippen molar-refractivity contribution in [2.45, 2.75) is 31.7 Å². The molecule has 1 fully saturated rings. The van der Waals surface area contributed by atoms with Gasteiger partial charge in [0.25, 0.3) is 0 Å². The number of rotatable bonds is 3. The van der Waals surface area contributed by atoms with Gasteiger partial charge in [0.15, 0.2) is 6.23 Å². The first-order chi connectivity index (χ1) is 9.53. The number of nitrogens with two attached hydrogens (primary N) is 1. The van der Waals surface area contributed by atoms with Crippen LogP contribution in [0.15, 0.2) is 4.99 Å². The lowest BCUT2D eigenvalue weighted by Gasteiger charge is -2.36. The summed E-state index contributed by atoms with van der Waals surface area (Å²) in [5.74, 6) is -1.36. The van der Waals surface area contributed by atoms with Gasteiger partial charge in [-0.25, -0.2) is 4.79 Å². The molecule has 0 saturated carbocycles. The molecule has 2 aliphatic heterocycles. The lowest BCUT2D eigenvalue weighted by atomic mass is 9.91. The van der Waals surface area contributed by atoms with Crippen molar-refractivity contribution in [1.29, 1.82) is 5.26 Å². The van der Waals surface area contributed by atoms with Crippen LogP contribution in [0.2, 0.25) is 0 Å². The SMILES string of the molecule is CC1CC(N)=NC(=O)N1[C@@H]1OC(CO)[C@@H](C=O)[C@@H]1C#N. The first-order valence-corrected chi connectivity index (χ1v) is 6.30. The van der Waals surface area contributed by atoms with Crippen molar-refractivity contribution in [2.24, 2.45) is 22.6 Å². The molecule has 20 heavy (non-hydrogen) atoms. The number of hydrogen-bond donors (Lipinski definition) is 2. The van der Waals surface area contributed by atoms with E-state index < -0.39 is 30.2 Å². The molecule has 5 atom stereocenters. The Morgan fingerprint density at radius 3 is 2.90 bits per heavy atom. The predicted molar refractivity (Wildman–Crippen MR) is 67.3 cm³/mol. The number of aliphatic hydroxyl groups is 1. The minimum Gasteiger partial charge on any atom is -0.394 e. The van der Waals surface area contributed by atoms with Crippen molar-refractivity contribution in [3.8, 4) is 6.07 Å². The van der Waals surface area contributed by atoms with Crippen LogP contribution in [0.25, 0.3) is 0 Å². The van der Waals surface area contributed by atoms with E-state index in [9.17, 15) is 20.0 Å². The number of carbonyl (C=O) groups is 2. The number of aldehydes is 1. The molecule has 8 heteroatoms. The van der Waals surface area contributed by atoms with E-state index in [-0.39, 0.29) is 18.5 Å². The third-order valence-electron chi connectivity index (χ3n) is 3.67. The standard InChI is InChI=1S/C12H16N4O4/c1-6-2-10(14)15-12(19)16(6)11-7(3-13)8(4-17)9(5-18)20-11/h4,6-9,11,18H,2,5H2,1H3,(H2,14,15,19)/t6?,7-,8-,9?,11+/m0/s1. The van der Waals surface area contributed by atoms with Gasteiger partial charge in [-0.05, 0) is 6.92 Å². The number of hydrogen-bond acceptors (Lipinski definition) is 6. The number of aliphatic imine (C=N–C) groups is 1. The molecule has 8 nitrogen and oxygen atoms in total. The monoisotopic (exact) mass is 280 g/mol. The summed E-state index contributed by atoms with van der Waals surface area (Å²) in [6.45, 7) is 1.37. The zero-order chi connectivity index (χ0) is 14.9. The molecular weight excluding hydrogens is 264 g/mol. The molecule has 0 radical (unpaired) electrons.